The van der Waals surface area contributed by atoms with Gasteiger partial charge in [0.05, 0.1) is 0 Å². The lowest BCUT2D eigenvalue weighted by Gasteiger charge is -2.16. The molecule has 1 amide bonds. The van der Waals surface area contributed by atoms with Gasteiger partial charge in [-0.05, 0) is 6.42 Å². The predicted octanol–water partition coefficient (Wildman–Crippen LogP) is -1.06. The van der Waals surface area contributed by atoms with Crippen molar-refractivity contribution in [3.05, 3.63) is 0 Å². The molecule has 1 unspecified atom stereocenters. The Morgan fingerprint density at radius 1 is 1.57 bits per heavy atom. The van der Waals surface area contributed by atoms with Crippen molar-refractivity contribution in [2.75, 3.05) is 13.7 Å². The SMILES string of the molecule is CC[C@@H](NC(=O)C(CN)OC)C(=O)O. The summed E-state index contributed by atoms with van der Waals surface area (Å²) in [5.74, 6) is -1.56. The molecule has 82 valence electrons. The van der Waals surface area contributed by atoms with Gasteiger partial charge < -0.3 is 20.9 Å². The van der Waals surface area contributed by atoms with E-state index in [0.29, 0.717) is 6.42 Å². The third-order valence-electron chi connectivity index (χ3n) is 1.81. The molecule has 0 aliphatic rings. The monoisotopic (exact) mass is 204 g/mol. The Morgan fingerprint density at radius 2 is 2.14 bits per heavy atom. The van der Waals surface area contributed by atoms with E-state index < -0.39 is 24.0 Å². The summed E-state index contributed by atoms with van der Waals surface area (Å²) in [5.41, 5.74) is 5.24. The standard InChI is InChI=1S/C8H16N2O4/c1-3-5(8(12)13)10-7(11)6(4-9)14-2/h5-6H,3-4,9H2,1-2H3,(H,10,11)(H,12,13)/t5-,6?/m1/s1. The Labute approximate surface area is 82.4 Å². The van der Waals surface area contributed by atoms with Gasteiger partial charge in [0.1, 0.15) is 12.1 Å². The largest absolute Gasteiger partial charge is 0.480 e. The van der Waals surface area contributed by atoms with Crippen molar-refractivity contribution in [2.24, 2.45) is 5.73 Å². The number of hydrogen-bond acceptors (Lipinski definition) is 4. The number of methoxy groups -OCH3 is 1. The smallest absolute Gasteiger partial charge is 0.326 e. The first-order valence-electron chi connectivity index (χ1n) is 4.32. The van der Waals surface area contributed by atoms with E-state index in [9.17, 15) is 9.59 Å². The highest BCUT2D eigenvalue weighted by Gasteiger charge is 2.22. The Kier molecular flexibility index (Phi) is 5.82. The minimum absolute atomic E-state index is 0.0262. The third kappa shape index (κ3) is 3.71. The van der Waals surface area contributed by atoms with Crippen LogP contribution in [0.1, 0.15) is 13.3 Å². The number of carbonyl (C=O) groups is 2. The normalized spacial score (nSPS) is 14.5. The maximum absolute atomic E-state index is 11.3. The molecule has 0 aliphatic carbocycles. The number of carboxylic acids is 1. The average molecular weight is 204 g/mol. The van der Waals surface area contributed by atoms with Crippen molar-refractivity contribution in [3.8, 4) is 0 Å². The van der Waals surface area contributed by atoms with Crippen molar-refractivity contribution in [3.63, 3.8) is 0 Å². The molecular formula is C8H16N2O4. The summed E-state index contributed by atoms with van der Waals surface area (Å²) in [6.07, 6.45) is -0.467. The molecule has 2 atom stereocenters. The van der Waals surface area contributed by atoms with E-state index in [-0.39, 0.29) is 6.54 Å². The zero-order valence-electron chi connectivity index (χ0n) is 8.32. The fourth-order valence-corrected chi connectivity index (χ4v) is 0.913. The van der Waals surface area contributed by atoms with Gasteiger partial charge in [0, 0.05) is 13.7 Å². The van der Waals surface area contributed by atoms with Gasteiger partial charge in [0.15, 0.2) is 0 Å². The number of amides is 1. The molecule has 0 aromatic rings. The number of ether oxygens (including phenoxy) is 1. The number of hydrogen-bond donors (Lipinski definition) is 3. The number of nitrogens with two attached hydrogens (primary N) is 1. The van der Waals surface area contributed by atoms with E-state index in [1.54, 1.807) is 6.92 Å². The Bertz CT molecular complexity index is 204. The van der Waals surface area contributed by atoms with E-state index in [0.717, 1.165) is 0 Å². The van der Waals surface area contributed by atoms with Crippen LogP contribution in [0.3, 0.4) is 0 Å². The lowest BCUT2D eigenvalue weighted by atomic mass is 10.2. The lowest BCUT2D eigenvalue weighted by molar-refractivity contribution is -0.143. The average Bonchev–Trinajstić information content (AvgIpc) is 2.15. The van der Waals surface area contributed by atoms with Crippen molar-refractivity contribution in [1.82, 2.24) is 5.32 Å². The van der Waals surface area contributed by atoms with E-state index >= 15 is 0 Å². The summed E-state index contributed by atoms with van der Waals surface area (Å²) >= 11 is 0. The molecule has 0 saturated heterocycles. The Morgan fingerprint density at radius 3 is 2.43 bits per heavy atom. The number of aliphatic carboxylic acids is 1. The summed E-state index contributed by atoms with van der Waals surface area (Å²) in [7, 11) is 1.35. The van der Waals surface area contributed by atoms with Crippen LogP contribution in [0.2, 0.25) is 0 Å². The molecule has 0 rings (SSSR count). The molecule has 0 bridgehead atoms. The second kappa shape index (κ2) is 6.33. The van der Waals surface area contributed by atoms with Gasteiger partial charge in [-0.1, -0.05) is 6.92 Å². The zero-order chi connectivity index (χ0) is 11.1. The van der Waals surface area contributed by atoms with Crippen molar-refractivity contribution >= 4 is 11.9 Å². The fourth-order valence-electron chi connectivity index (χ4n) is 0.913. The summed E-state index contributed by atoms with van der Waals surface area (Å²) in [4.78, 5) is 21.9. The van der Waals surface area contributed by atoms with Crippen molar-refractivity contribution < 1.29 is 19.4 Å². The van der Waals surface area contributed by atoms with E-state index in [1.165, 1.54) is 7.11 Å². The molecule has 6 nitrogen and oxygen atoms in total. The highest BCUT2D eigenvalue weighted by molar-refractivity contribution is 5.86. The van der Waals surface area contributed by atoms with Crippen LogP contribution in [0.15, 0.2) is 0 Å². The van der Waals surface area contributed by atoms with E-state index in [4.69, 9.17) is 15.6 Å². The van der Waals surface area contributed by atoms with Crippen LogP contribution in [0, 0.1) is 0 Å². The Balaban J connectivity index is 4.20. The lowest BCUT2D eigenvalue weighted by Crippen LogP contribution is -2.47. The molecule has 0 heterocycles. The minimum Gasteiger partial charge on any atom is -0.480 e. The van der Waals surface area contributed by atoms with Crippen LogP contribution in [-0.2, 0) is 14.3 Å². The number of rotatable bonds is 6. The van der Waals surface area contributed by atoms with Gasteiger partial charge in [-0.25, -0.2) is 4.79 Å². The van der Waals surface area contributed by atoms with Crippen LogP contribution >= 0.6 is 0 Å². The second-order valence-electron chi connectivity index (χ2n) is 2.77. The van der Waals surface area contributed by atoms with Crippen molar-refractivity contribution in [1.29, 1.82) is 0 Å². The van der Waals surface area contributed by atoms with Crippen LogP contribution < -0.4 is 11.1 Å². The first-order chi connectivity index (χ1) is 6.56. The van der Waals surface area contributed by atoms with Gasteiger partial charge in [0.25, 0.3) is 5.91 Å². The fraction of sp³-hybridized carbons (Fsp3) is 0.750. The molecule has 6 heteroatoms. The maximum Gasteiger partial charge on any atom is 0.326 e. The quantitative estimate of drug-likeness (QED) is 0.512. The van der Waals surface area contributed by atoms with Crippen LogP contribution in [0.4, 0.5) is 0 Å². The maximum atomic E-state index is 11.3. The third-order valence-corrected chi connectivity index (χ3v) is 1.81. The van der Waals surface area contributed by atoms with Crippen LogP contribution in [0.25, 0.3) is 0 Å². The summed E-state index contributed by atoms with van der Waals surface area (Å²) in [6.45, 7) is 1.70. The molecular weight excluding hydrogens is 188 g/mol. The molecule has 0 saturated carbocycles. The molecule has 0 fully saturated rings. The first kappa shape index (κ1) is 12.9. The summed E-state index contributed by atoms with van der Waals surface area (Å²) in [5, 5.41) is 11.0. The second-order valence-corrected chi connectivity index (χ2v) is 2.77. The number of nitrogens with one attached hydrogen (secondary N) is 1. The molecule has 14 heavy (non-hydrogen) atoms. The minimum atomic E-state index is -1.06. The summed E-state index contributed by atoms with van der Waals surface area (Å²) < 4.78 is 4.76. The Hall–Kier alpha value is -1.14. The van der Waals surface area contributed by atoms with Gasteiger partial charge in [-0.2, -0.15) is 0 Å². The number of carboxylic acid groups (broad SMARTS) is 1. The molecule has 0 spiro atoms. The van der Waals surface area contributed by atoms with Gasteiger partial charge in [-0.15, -0.1) is 0 Å². The van der Waals surface area contributed by atoms with Gasteiger partial charge >= 0.3 is 5.97 Å². The molecule has 0 aliphatic heterocycles. The highest BCUT2D eigenvalue weighted by Crippen LogP contribution is 1.94. The zero-order valence-corrected chi connectivity index (χ0v) is 8.32. The van der Waals surface area contributed by atoms with Crippen LogP contribution in [0.5, 0.6) is 0 Å². The molecule has 0 aromatic heterocycles. The highest BCUT2D eigenvalue weighted by atomic mass is 16.5. The summed E-state index contributed by atoms with van der Waals surface area (Å²) in [6, 6.07) is -0.883. The first-order valence-corrected chi connectivity index (χ1v) is 4.32. The van der Waals surface area contributed by atoms with Crippen LogP contribution in [-0.4, -0.2) is 42.8 Å². The molecule has 0 aromatic carbocycles. The topological polar surface area (TPSA) is 102 Å². The van der Waals surface area contributed by atoms with E-state index in [1.807, 2.05) is 0 Å². The van der Waals surface area contributed by atoms with Crippen molar-refractivity contribution in [2.45, 2.75) is 25.5 Å². The molecule has 0 radical (unpaired) electrons. The predicted molar refractivity (Wildman–Crippen MR) is 49.7 cm³/mol. The van der Waals surface area contributed by atoms with Gasteiger partial charge in [0.2, 0.25) is 0 Å². The number of carbonyl (C=O) groups excluding carboxylic acids is 1. The van der Waals surface area contributed by atoms with Gasteiger partial charge in [-0.3, -0.25) is 4.79 Å². The van der Waals surface area contributed by atoms with E-state index in [2.05, 4.69) is 5.32 Å². The molecule has 4 N–H and O–H groups in total.